The predicted octanol–water partition coefficient (Wildman–Crippen LogP) is 4.18. The molecule has 0 spiro atoms. The highest BCUT2D eigenvalue weighted by Crippen LogP contribution is 2.30. The molecular weight excluding hydrogens is 527 g/mol. The molecule has 202 valence electrons. The molecule has 2 atom stereocenters. The Morgan fingerprint density at radius 1 is 1.24 bits per heavy atom. The molecule has 4 rings (SSSR count). The maximum atomic E-state index is 13.1. The molecule has 14 heteroatoms. The van der Waals surface area contributed by atoms with Crippen LogP contribution in [0.2, 0.25) is 0 Å². The number of amides is 2. The van der Waals surface area contributed by atoms with E-state index in [9.17, 15) is 27.9 Å². The number of aromatic nitrogens is 3. The molecule has 1 unspecified atom stereocenters. The van der Waals surface area contributed by atoms with Gasteiger partial charge in [-0.2, -0.15) is 13.2 Å². The number of nitrogens with zero attached hydrogens (tertiary/aromatic N) is 4. The summed E-state index contributed by atoms with van der Waals surface area (Å²) in [5.74, 6) is -1.41. The Morgan fingerprint density at radius 3 is 2.61 bits per heavy atom. The predicted molar refractivity (Wildman–Crippen MR) is 130 cm³/mol. The molecule has 1 aliphatic heterocycles. The highest BCUT2D eigenvalue weighted by molar-refractivity contribution is 7.14. The molecule has 2 amide bonds. The lowest BCUT2D eigenvalue weighted by atomic mass is 10.1. The average molecular weight is 552 g/mol. The van der Waals surface area contributed by atoms with E-state index in [0.717, 1.165) is 17.3 Å². The number of rotatable bonds is 7. The summed E-state index contributed by atoms with van der Waals surface area (Å²) in [6, 6.07) is 4.20. The molecule has 2 N–H and O–H groups in total. The second kappa shape index (κ2) is 11.3. The number of carbonyl (C=O) groups is 2. The van der Waals surface area contributed by atoms with Gasteiger partial charge in [0.25, 0.3) is 5.91 Å². The van der Waals surface area contributed by atoms with Crippen LogP contribution in [-0.2, 0) is 10.9 Å². The Bertz CT molecular complexity index is 1300. The van der Waals surface area contributed by atoms with E-state index in [1.165, 1.54) is 22.3 Å². The monoisotopic (exact) mass is 551 g/mol. The molecule has 3 heterocycles. The van der Waals surface area contributed by atoms with Gasteiger partial charge in [0.2, 0.25) is 5.82 Å². The molecule has 38 heavy (non-hydrogen) atoms. The fourth-order valence-electron chi connectivity index (χ4n) is 3.68. The third-order valence-electron chi connectivity index (χ3n) is 5.66. The Labute approximate surface area is 219 Å². The summed E-state index contributed by atoms with van der Waals surface area (Å²) in [6.45, 7) is 4.24. The molecule has 1 saturated heterocycles. The smallest absolute Gasteiger partial charge is 0.451 e. The summed E-state index contributed by atoms with van der Waals surface area (Å²) in [5.41, 5.74) is 1.17. The van der Waals surface area contributed by atoms with Crippen molar-refractivity contribution in [1.29, 1.82) is 0 Å². The summed E-state index contributed by atoms with van der Waals surface area (Å²) >= 11 is 1.43. The number of hydrogen-bond donors (Lipinski definition) is 2. The van der Waals surface area contributed by atoms with Crippen molar-refractivity contribution in [3.8, 4) is 16.3 Å². The lowest BCUT2D eigenvalue weighted by Crippen LogP contribution is -2.47. The molecule has 1 aliphatic rings. The number of morpholine rings is 1. The van der Waals surface area contributed by atoms with Crippen LogP contribution in [0.5, 0.6) is 5.75 Å². The molecule has 1 aromatic carbocycles. The number of alkyl halides is 3. The van der Waals surface area contributed by atoms with Crippen LogP contribution < -0.4 is 10.1 Å². The SMILES string of the molecule is Cc1cnc(-c2cc(OC[C@H]3CN(C(=O)O)CCO3)cc(C(=O)NC(C)c3cnc(C(F)(F)F)nc3)c2)s1. The van der Waals surface area contributed by atoms with Crippen LogP contribution >= 0.6 is 11.3 Å². The van der Waals surface area contributed by atoms with Crippen molar-refractivity contribution >= 4 is 23.3 Å². The third-order valence-corrected chi connectivity index (χ3v) is 6.62. The van der Waals surface area contributed by atoms with E-state index in [1.807, 2.05) is 6.92 Å². The van der Waals surface area contributed by atoms with E-state index >= 15 is 0 Å². The van der Waals surface area contributed by atoms with Crippen LogP contribution in [0.25, 0.3) is 10.6 Å². The van der Waals surface area contributed by atoms with Gasteiger partial charge in [-0.3, -0.25) is 4.79 Å². The quantitative estimate of drug-likeness (QED) is 0.448. The zero-order valence-electron chi connectivity index (χ0n) is 20.4. The van der Waals surface area contributed by atoms with Gasteiger partial charge in [0, 0.05) is 46.7 Å². The Hall–Kier alpha value is -3.78. The average Bonchev–Trinajstić information content (AvgIpc) is 3.33. The summed E-state index contributed by atoms with van der Waals surface area (Å²) < 4.78 is 49.8. The van der Waals surface area contributed by atoms with Crippen LogP contribution in [0.4, 0.5) is 18.0 Å². The van der Waals surface area contributed by atoms with Gasteiger partial charge in [-0.15, -0.1) is 11.3 Å². The highest BCUT2D eigenvalue weighted by Gasteiger charge is 2.34. The largest absolute Gasteiger partial charge is 0.491 e. The Morgan fingerprint density at radius 2 is 1.97 bits per heavy atom. The van der Waals surface area contributed by atoms with E-state index in [1.54, 1.807) is 25.3 Å². The Kier molecular flexibility index (Phi) is 8.11. The van der Waals surface area contributed by atoms with E-state index in [0.29, 0.717) is 21.9 Å². The molecule has 0 aliphatic carbocycles. The molecule has 0 bridgehead atoms. The first kappa shape index (κ1) is 27.3. The normalized spacial score (nSPS) is 16.7. The fraction of sp³-hybridized carbons (Fsp3) is 0.375. The van der Waals surface area contributed by atoms with Gasteiger partial charge in [-0.1, -0.05) is 0 Å². The summed E-state index contributed by atoms with van der Waals surface area (Å²) in [5, 5.41) is 12.6. The molecule has 1 fully saturated rings. The topological polar surface area (TPSA) is 127 Å². The third kappa shape index (κ3) is 6.75. The molecule has 3 aromatic rings. The van der Waals surface area contributed by atoms with Crippen LogP contribution in [0, 0.1) is 6.92 Å². The summed E-state index contributed by atoms with van der Waals surface area (Å²) in [4.78, 5) is 37.7. The van der Waals surface area contributed by atoms with Crippen LogP contribution in [-0.4, -0.2) is 69.4 Å². The van der Waals surface area contributed by atoms with Crippen molar-refractivity contribution in [3.63, 3.8) is 0 Å². The molecule has 0 saturated carbocycles. The molecule has 0 radical (unpaired) electrons. The number of hydrogen-bond acceptors (Lipinski definition) is 8. The number of thiazole rings is 1. The van der Waals surface area contributed by atoms with Crippen LogP contribution in [0.15, 0.2) is 36.8 Å². The van der Waals surface area contributed by atoms with Crippen molar-refractivity contribution in [2.45, 2.75) is 32.2 Å². The van der Waals surface area contributed by atoms with Gasteiger partial charge in [-0.25, -0.2) is 19.7 Å². The summed E-state index contributed by atoms with van der Waals surface area (Å²) in [7, 11) is 0. The molecule has 2 aromatic heterocycles. The van der Waals surface area contributed by atoms with E-state index < -0.39 is 36.1 Å². The van der Waals surface area contributed by atoms with Crippen LogP contribution in [0.1, 0.15) is 39.6 Å². The first-order chi connectivity index (χ1) is 18.0. The maximum Gasteiger partial charge on any atom is 0.451 e. The zero-order valence-corrected chi connectivity index (χ0v) is 21.2. The first-order valence-electron chi connectivity index (χ1n) is 11.5. The number of benzene rings is 1. The number of nitrogens with one attached hydrogen (secondary N) is 1. The van der Waals surface area contributed by atoms with Gasteiger partial charge >= 0.3 is 12.3 Å². The number of halogens is 3. The van der Waals surface area contributed by atoms with E-state index in [4.69, 9.17) is 9.47 Å². The lowest BCUT2D eigenvalue weighted by Gasteiger charge is -2.30. The van der Waals surface area contributed by atoms with Crippen molar-refractivity contribution in [3.05, 3.63) is 58.6 Å². The summed E-state index contributed by atoms with van der Waals surface area (Å²) in [6.07, 6.45) is -2.43. The number of carboxylic acid groups (broad SMARTS) is 1. The standard InChI is InChI=1S/C24H24F3N5O5S/c1-13-8-28-21(38-13)16-5-15(6-18(7-16)37-12-19-11-32(23(34)35)3-4-36-19)20(33)31-14(2)17-9-29-22(30-10-17)24(25,26)27/h5-10,14,19H,3-4,11-12H2,1-2H3,(H,31,33)(H,34,35)/t14?,19-/m1/s1. The lowest BCUT2D eigenvalue weighted by molar-refractivity contribution is -0.145. The Balaban J connectivity index is 1.52. The van der Waals surface area contributed by atoms with Gasteiger partial charge in [0.15, 0.2) is 0 Å². The van der Waals surface area contributed by atoms with E-state index in [-0.39, 0.29) is 31.9 Å². The minimum atomic E-state index is -4.66. The first-order valence-corrected chi connectivity index (χ1v) is 12.3. The molecule has 10 nitrogen and oxygen atoms in total. The molecular formula is C24H24F3N5O5S. The number of aryl methyl sites for hydroxylation is 1. The second-order valence-electron chi connectivity index (χ2n) is 8.59. The van der Waals surface area contributed by atoms with Crippen molar-refractivity contribution in [1.82, 2.24) is 25.2 Å². The zero-order chi connectivity index (χ0) is 27.4. The van der Waals surface area contributed by atoms with Crippen LogP contribution in [0.3, 0.4) is 0 Å². The van der Waals surface area contributed by atoms with Gasteiger partial charge in [-0.05, 0) is 32.0 Å². The van der Waals surface area contributed by atoms with Gasteiger partial charge in [0.05, 0.1) is 19.2 Å². The van der Waals surface area contributed by atoms with Gasteiger partial charge in [0.1, 0.15) is 23.5 Å². The maximum absolute atomic E-state index is 13.1. The number of ether oxygens (including phenoxy) is 2. The van der Waals surface area contributed by atoms with Crippen molar-refractivity contribution in [2.24, 2.45) is 0 Å². The second-order valence-corrected chi connectivity index (χ2v) is 9.82. The highest BCUT2D eigenvalue weighted by atomic mass is 32.1. The van der Waals surface area contributed by atoms with E-state index in [2.05, 4.69) is 20.3 Å². The number of carbonyl (C=O) groups excluding carboxylic acids is 1. The minimum Gasteiger partial charge on any atom is -0.491 e. The van der Waals surface area contributed by atoms with Gasteiger partial charge < -0.3 is 24.8 Å². The minimum absolute atomic E-state index is 0.0600. The fourth-order valence-corrected chi connectivity index (χ4v) is 4.43. The van der Waals surface area contributed by atoms with Crippen molar-refractivity contribution < 1.29 is 37.3 Å². The van der Waals surface area contributed by atoms with Crippen molar-refractivity contribution in [2.75, 3.05) is 26.3 Å².